The van der Waals surface area contributed by atoms with Crippen molar-refractivity contribution in [3.05, 3.63) is 207 Å². The molecule has 6 heteroatoms. The Morgan fingerprint density at radius 3 is 1.31 bits per heavy atom. The van der Waals surface area contributed by atoms with Crippen molar-refractivity contribution in [1.29, 1.82) is 0 Å². The van der Waals surface area contributed by atoms with Gasteiger partial charge in [-0.3, -0.25) is 4.98 Å². The Morgan fingerprint density at radius 1 is 0.295 bits per heavy atom. The third-order valence-corrected chi connectivity index (χ3v) is 14.7. The lowest BCUT2D eigenvalue weighted by molar-refractivity contribution is 1.17. The van der Waals surface area contributed by atoms with Gasteiger partial charge in [-0.05, 0) is 113 Å². The number of rotatable bonds is 6. The molecule has 0 fully saturated rings. The quantitative estimate of drug-likeness (QED) is 0.164. The summed E-state index contributed by atoms with van der Waals surface area (Å²) in [6, 6.07) is 70.9. The van der Waals surface area contributed by atoms with Gasteiger partial charge in [-0.15, -0.1) is 22.7 Å². The summed E-state index contributed by atoms with van der Waals surface area (Å²) in [5.74, 6) is 0. The molecule has 13 rings (SSSR count). The van der Waals surface area contributed by atoms with Crippen LogP contribution in [0.1, 0.15) is 0 Å². The van der Waals surface area contributed by atoms with Gasteiger partial charge in [0.2, 0.25) is 0 Å². The first-order chi connectivity index (χ1) is 30.2. The van der Waals surface area contributed by atoms with E-state index in [1.807, 2.05) is 35.1 Å². The topological polar surface area (TPSA) is 27.7 Å². The SMILES string of the molecule is c1ccc(-n2c3ccccc3c3cc4c(cc32)c2cc(-c3cc5c(s3)c3sc(-c6ccc(-c7ccncc7)cc6)cc3n5-c3ccccc3)ccc2n4-c2ccccc2)cc1. The van der Waals surface area contributed by atoms with Crippen LogP contribution in [0.15, 0.2) is 207 Å². The molecule has 6 heterocycles. The molecule has 0 amide bonds. The minimum absolute atomic E-state index is 1.16. The summed E-state index contributed by atoms with van der Waals surface area (Å²) in [5, 5.41) is 4.98. The molecule has 0 saturated heterocycles. The van der Waals surface area contributed by atoms with E-state index in [1.54, 1.807) is 0 Å². The molecule has 0 atom stereocenters. The van der Waals surface area contributed by atoms with Crippen LogP contribution < -0.4 is 0 Å². The first kappa shape index (κ1) is 34.4. The largest absolute Gasteiger partial charge is 0.309 e. The maximum Gasteiger partial charge on any atom is 0.0711 e. The van der Waals surface area contributed by atoms with Crippen LogP contribution in [0.2, 0.25) is 0 Å². The first-order valence-corrected chi connectivity index (χ1v) is 22.2. The van der Waals surface area contributed by atoms with E-state index in [-0.39, 0.29) is 0 Å². The van der Waals surface area contributed by atoms with E-state index in [0.29, 0.717) is 0 Å². The molecule has 0 unspecified atom stereocenters. The second-order valence-electron chi connectivity index (χ2n) is 15.6. The smallest absolute Gasteiger partial charge is 0.0711 e. The minimum Gasteiger partial charge on any atom is -0.309 e. The summed E-state index contributed by atoms with van der Waals surface area (Å²) in [6.07, 6.45) is 3.70. The van der Waals surface area contributed by atoms with Crippen molar-refractivity contribution in [3.8, 4) is 49.1 Å². The van der Waals surface area contributed by atoms with Gasteiger partial charge in [-0.1, -0.05) is 103 Å². The predicted molar refractivity (Wildman–Crippen MR) is 259 cm³/mol. The number of pyridine rings is 1. The molecule has 13 aromatic rings. The van der Waals surface area contributed by atoms with Crippen molar-refractivity contribution < 1.29 is 0 Å². The van der Waals surface area contributed by atoms with Crippen molar-refractivity contribution in [2.75, 3.05) is 0 Å². The molecule has 0 radical (unpaired) electrons. The summed E-state index contributed by atoms with van der Waals surface area (Å²) >= 11 is 3.79. The van der Waals surface area contributed by atoms with Crippen molar-refractivity contribution in [3.63, 3.8) is 0 Å². The maximum atomic E-state index is 4.20. The van der Waals surface area contributed by atoms with Crippen molar-refractivity contribution in [2.24, 2.45) is 0 Å². The van der Waals surface area contributed by atoms with Gasteiger partial charge in [0.25, 0.3) is 0 Å². The van der Waals surface area contributed by atoms with Gasteiger partial charge in [0, 0.05) is 60.8 Å². The van der Waals surface area contributed by atoms with Crippen molar-refractivity contribution in [2.45, 2.75) is 0 Å². The molecule has 0 aliphatic carbocycles. The average Bonchev–Trinajstić information content (AvgIpc) is 4.14. The number of thiophene rings is 2. The summed E-state index contributed by atoms with van der Waals surface area (Å²) in [6.45, 7) is 0. The Kier molecular flexibility index (Phi) is 7.61. The molecule has 61 heavy (non-hydrogen) atoms. The molecule has 0 aliphatic heterocycles. The molecular weight excluding hydrogens is 781 g/mol. The number of benzene rings is 7. The van der Waals surface area contributed by atoms with E-state index < -0.39 is 0 Å². The van der Waals surface area contributed by atoms with Crippen LogP contribution in [0.4, 0.5) is 0 Å². The van der Waals surface area contributed by atoms with E-state index in [1.165, 1.54) is 102 Å². The fourth-order valence-corrected chi connectivity index (χ4v) is 11.8. The zero-order valence-electron chi connectivity index (χ0n) is 32.7. The molecule has 0 aliphatic rings. The zero-order valence-corrected chi connectivity index (χ0v) is 34.4. The zero-order chi connectivity index (χ0) is 40.0. The normalized spacial score (nSPS) is 11.9. The van der Waals surface area contributed by atoms with Crippen LogP contribution in [-0.4, -0.2) is 18.7 Å². The van der Waals surface area contributed by atoms with Gasteiger partial charge in [0.15, 0.2) is 0 Å². The fraction of sp³-hybridized carbons (Fsp3) is 0. The lowest BCUT2D eigenvalue weighted by Gasteiger charge is -2.09. The highest BCUT2D eigenvalue weighted by atomic mass is 32.1. The van der Waals surface area contributed by atoms with Gasteiger partial charge in [-0.2, -0.15) is 0 Å². The number of para-hydroxylation sites is 4. The summed E-state index contributed by atoms with van der Waals surface area (Å²) < 4.78 is 9.95. The highest BCUT2D eigenvalue weighted by Crippen LogP contribution is 2.48. The second-order valence-corrected chi connectivity index (χ2v) is 17.7. The predicted octanol–water partition coefficient (Wildman–Crippen LogP) is 15.5. The summed E-state index contributed by atoms with van der Waals surface area (Å²) in [5.41, 5.74) is 15.6. The fourth-order valence-electron chi connectivity index (χ4n) is 9.41. The van der Waals surface area contributed by atoms with Crippen molar-refractivity contribution in [1.82, 2.24) is 18.7 Å². The van der Waals surface area contributed by atoms with Gasteiger partial charge < -0.3 is 13.7 Å². The molecule has 4 nitrogen and oxygen atoms in total. The Bertz CT molecular complexity index is 3780. The summed E-state index contributed by atoms with van der Waals surface area (Å²) in [4.78, 5) is 6.72. The van der Waals surface area contributed by atoms with Crippen LogP contribution >= 0.6 is 22.7 Å². The molecular formula is C55H34N4S2. The maximum absolute atomic E-state index is 4.20. The van der Waals surface area contributed by atoms with E-state index in [9.17, 15) is 0 Å². The number of hydrogen-bond donors (Lipinski definition) is 0. The minimum atomic E-state index is 1.16. The van der Waals surface area contributed by atoms with Gasteiger partial charge in [0.1, 0.15) is 0 Å². The van der Waals surface area contributed by atoms with E-state index >= 15 is 0 Å². The Morgan fingerprint density at radius 2 is 0.721 bits per heavy atom. The third kappa shape index (κ3) is 5.33. The Hall–Kier alpha value is -7.51. The summed E-state index contributed by atoms with van der Waals surface area (Å²) in [7, 11) is 0. The number of nitrogens with zero attached hydrogens (tertiary/aromatic N) is 4. The highest BCUT2D eigenvalue weighted by molar-refractivity contribution is 7.30. The second kappa shape index (κ2) is 13.5. The lowest BCUT2D eigenvalue weighted by Crippen LogP contribution is -1.94. The van der Waals surface area contributed by atoms with Gasteiger partial charge >= 0.3 is 0 Å². The Labute approximate surface area is 359 Å². The van der Waals surface area contributed by atoms with Crippen LogP contribution in [0.5, 0.6) is 0 Å². The molecule has 6 aromatic heterocycles. The average molecular weight is 815 g/mol. The number of aromatic nitrogens is 4. The van der Waals surface area contributed by atoms with Crippen molar-refractivity contribution >= 4 is 86.7 Å². The molecule has 286 valence electrons. The monoisotopic (exact) mass is 814 g/mol. The number of hydrogen-bond acceptors (Lipinski definition) is 3. The van der Waals surface area contributed by atoms with E-state index in [4.69, 9.17) is 0 Å². The molecule has 0 spiro atoms. The Balaban J connectivity index is 1.02. The van der Waals surface area contributed by atoms with Crippen LogP contribution in [-0.2, 0) is 0 Å². The molecule has 7 aromatic carbocycles. The molecule has 0 bridgehead atoms. The highest BCUT2D eigenvalue weighted by Gasteiger charge is 2.22. The molecule has 0 saturated carbocycles. The van der Waals surface area contributed by atoms with E-state index in [0.717, 1.165) is 11.4 Å². The lowest BCUT2D eigenvalue weighted by atomic mass is 10.0. The van der Waals surface area contributed by atoms with Gasteiger partial charge in [0.05, 0.1) is 42.5 Å². The first-order valence-electron chi connectivity index (χ1n) is 20.5. The third-order valence-electron chi connectivity index (χ3n) is 12.2. The number of fused-ring (bicyclic) bond motifs is 9. The van der Waals surface area contributed by atoms with E-state index in [2.05, 4.69) is 213 Å². The van der Waals surface area contributed by atoms with Crippen LogP contribution in [0, 0.1) is 0 Å². The standard InChI is InChI=1S/C55H34N4S2/c1-4-12-39(13-5-1)57-46-19-11-10-18-42(46)44-31-49-45(32-48(44)57)43-30-38(24-25-47(43)58(49)40-14-6-2-7-15-40)53-34-51-55(61-53)54-50(59(51)41-16-8-3-9-17-41)33-52(60-54)37-22-20-35(21-23-37)36-26-28-56-29-27-36/h1-34H. The molecule has 0 N–H and O–H groups in total. The van der Waals surface area contributed by atoms with Crippen LogP contribution in [0.3, 0.4) is 0 Å². The van der Waals surface area contributed by atoms with Gasteiger partial charge in [-0.25, -0.2) is 0 Å². The van der Waals surface area contributed by atoms with Crippen LogP contribution in [0.25, 0.3) is 113 Å².